The van der Waals surface area contributed by atoms with Gasteiger partial charge in [-0.1, -0.05) is 0 Å². The van der Waals surface area contributed by atoms with Crippen LogP contribution in [0.15, 0.2) is 6.07 Å². The molecule has 0 atom stereocenters. The quantitative estimate of drug-likeness (QED) is 0.600. The van der Waals surface area contributed by atoms with Crippen LogP contribution in [0.5, 0.6) is 0 Å². The van der Waals surface area contributed by atoms with Gasteiger partial charge in [-0.15, -0.1) is 0 Å². The maximum Gasteiger partial charge on any atom is 0.420 e. The first-order valence-electron chi connectivity index (χ1n) is 4.19. The Hall–Kier alpha value is -1.78. The second kappa shape index (κ2) is 4.61. The summed E-state index contributed by atoms with van der Waals surface area (Å²) >= 11 is 0. The summed E-state index contributed by atoms with van der Waals surface area (Å²) < 4.78 is 74.4. The zero-order valence-corrected chi connectivity index (χ0v) is 8.02. The summed E-state index contributed by atoms with van der Waals surface area (Å²) in [7, 11) is 0. The first kappa shape index (κ1) is 13.3. The molecule has 1 heterocycles. The Morgan fingerprint density at radius 2 is 1.94 bits per heavy atom. The van der Waals surface area contributed by atoms with Gasteiger partial charge in [0, 0.05) is 5.56 Å². The monoisotopic (exact) mass is 254 g/mol. The van der Waals surface area contributed by atoms with Gasteiger partial charge in [-0.05, 0) is 6.07 Å². The summed E-state index contributed by atoms with van der Waals surface area (Å²) in [6.07, 6.45) is -9.05. The lowest BCUT2D eigenvalue weighted by molar-refractivity contribution is -0.140. The minimum atomic E-state index is -5.11. The largest absolute Gasteiger partial charge is 0.420 e. The van der Waals surface area contributed by atoms with Gasteiger partial charge in [0.15, 0.2) is 0 Å². The predicted molar refractivity (Wildman–Crippen MR) is 43.5 cm³/mol. The summed E-state index contributed by atoms with van der Waals surface area (Å²) in [5, 5.41) is 8.27. The summed E-state index contributed by atoms with van der Waals surface area (Å²) in [6.45, 7) is 0. The van der Waals surface area contributed by atoms with Crippen LogP contribution in [-0.4, -0.2) is 4.98 Å². The van der Waals surface area contributed by atoms with E-state index in [0.29, 0.717) is 0 Å². The zero-order valence-electron chi connectivity index (χ0n) is 8.02. The third-order valence-electron chi connectivity index (χ3n) is 1.88. The van der Waals surface area contributed by atoms with Crippen molar-refractivity contribution in [1.29, 1.82) is 5.26 Å². The fourth-order valence-electron chi connectivity index (χ4n) is 1.15. The van der Waals surface area contributed by atoms with Crippen molar-refractivity contribution in [2.75, 3.05) is 0 Å². The molecule has 0 saturated heterocycles. The van der Waals surface area contributed by atoms with Gasteiger partial charge >= 0.3 is 6.18 Å². The second-order valence-electron chi connectivity index (χ2n) is 3.00. The van der Waals surface area contributed by atoms with Crippen LogP contribution in [0.2, 0.25) is 0 Å². The van der Waals surface area contributed by atoms with Crippen LogP contribution in [0.1, 0.15) is 23.2 Å². The van der Waals surface area contributed by atoms with E-state index in [0.717, 1.165) is 0 Å². The summed E-state index contributed by atoms with van der Waals surface area (Å²) in [5.74, 6) is -1.91. The van der Waals surface area contributed by atoms with Crippen molar-refractivity contribution < 1.29 is 26.3 Å². The van der Waals surface area contributed by atoms with Gasteiger partial charge in [0.2, 0.25) is 5.95 Å². The molecule has 0 spiro atoms. The predicted octanol–water partition coefficient (Wildman–Crippen LogP) is 3.24. The van der Waals surface area contributed by atoms with E-state index >= 15 is 0 Å². The van der Waals surface area contributed by atoms with Crippen LogP contribution >= 0.6 is 0 Å². The summed E-state index contributed by atoms with van der Waals surface area (Å²) in [6, 6.07) is 1.41. The van der Waals surface area contributed by atoms with Crippen LogP contribution < -0.4 is 0 Å². The molecule has 0 saturated carbocycles. The Balaban J connectivity index is 3.41. The molecule has 0 fully saturated rings. The molecule has 1 aromatic rings. The molecule has 0 aliphatic carbocycles. The SMILES string of the molecule is N#CCc1nc(F)c(C(F)(F)F)cc1C(F)F. The number of nitriles is 1. The Kier molecular flexibility index (Phi) is 3.60. The number of nitrogens with zero attached hydrogens (tertiary/aromatic N) is 2. The van der Waals surface area contributed by atoms with Gasteiger partial charge in [0.05, 0.1) is 18.2 Å². The molecule has 1 rings (SSSR count). The van der Waals surface area contributed by atoms with Gasteiger partial charge in [0.25, 0.3) is 6.43 Å². The molecule has 0 aliphatic rings. The molecule has 2 nitrogen and oxygen atoms in total. The van der Waals surface area contributed by atoms with E-state index in [1.165, 1.54) is 6.07 Å². The van der Waals surface area contributed by atoms with Crippen molar-refractivity contribution in [3.8, 4) is 6.07 Å². The van der Waals surface area contributed by atoms with Crippen molar-refractivity contribution in [3.63, 3.8) is 0 Å². The fraction of sp³-hybridized carbons (Fsp3) is 0.333. The smallest absolute Gasteiger partial charge is 0.223 e. The molecule has 0 bridgehead atoms. The van der Waals surface area contributed by atoms with Crippen molar-refractivity contribution in [1.82, 2.24) is 4.98 Å². The molecule has 0 N–H and O–H groups in total. The normalized spacial score (nSPS) is 11.6. The van der Waals surface area contributed by atoms with E-state index in [9.17, 15) is 26.3 Å². The molecular weight excluding hydrogens is 250 g/mol. The zero-order chi connectivity index (χ0) is 13.2. The van der Waals surface area contributed by atoms with E-state index in [4.69, 9.17) is 5.26 Å². The molecule has 0 unspecified atom stereocenters. The molecule has 0 radical (unpaired) electrons. The fourth-order valence-corrected chi connectivity index (χ4v) is 1.15. The molecule has 92 valence electrons. The average molecular weight is 254 g/mol. The molecule has 0 amide bonds. The third kappa shape index (κ3) is 2.87. The van der Waals surface area contributed by atoms with Crippen molar-refractivity contribution in [2.24, 2.45) is 0 Å². The Morgan fingerprint density at radius 1 is 1.35 bits per heavy atom. The number of aromatic nitrogens is 1. The minimum absolute atomic E-state index is 0.0142. The molecular formula is C9H4F6N2. The van der Waals surface area contributed by atoms with E-state index in [2.05, 4.69) is 4.98 Å². The molecule has 8 heteroatoms. The number of hydrogen-bond donors (Lipinski definition) is 0. The first-order chi connectivity index (χ1) is 7.77. The first-order valence-corrected chi connectivity index (χ1v) is 4.19. The highest BCUT2D eigenvalue weighted by atomic mass is 19.4. The van der Waals surface area contributed by atoms with Crippen LogP contribution in [0.25, 0.3) is 0 Å². The van der Waals surface area contributed by atoms with E-state index in [1.54, 1.807) is 0 Å². The third-order valence-corrected chi connectivity index (χ3v) is 1.88. The van der Waals surface area contributed by atoms with E-state index < -0.39 is 41.8 Å². The standard InChI is InChI=1S/C9H4F6N2/c10-7(11)4-3-5(9(13,14)15)8(12)17-6(4)1-2-16/h3,7H,1H2. The molecule has 0 aliphatic heterocycles. The molecule has 17 heavy (non-hydrogen) atoms. The maximum absolute atomic E-state index is 12.9. The highest BCUT2D eigenvalue weighted by Crippen LogP contribution is 2.34. The molecule has 0 aromatic carbocycles. The average Bonchev–Trinajstić information content (AvgIpc) is 2.15. The molecule has 1 aromatic heterocycles. The number of pyridine rings is 1. The number of halogens is 6. The lowest BCUT2D eigenvalue weighted by Gasteiger charge is -2.11. The van der Waals surface area contributed by atoms with Gasteiger partial charge in [-0.25, -0.2) is 13.8 Å². The highest BCUT2D eigenvalue weighted by Gasteiger charge is 2.36. The van der Waals surface area contributed by atoms with Crippen molar-refractivity contribution in [2.45, 2.75) is 19.0 Å². The maximum atomic E-state index is 12.9. The van der Waals surface area contributed by atoms with Crippen LogP contribution in [0.3, 0.4) is 0 Å². The highest BCUT2D eigenvalue weighted by molar-refractivity contribution is 5.30. The summed E-state index contributed by atoms with van der Waals surface area (Å²) in [4.78, 5) is 2.76. The van der Waals surface area contributed by atoms with Crippen molar-refractivity contribution in [3.05, 3.63) is 28.8 Å². The van der Waals surface area contributed by atoms with Crippen molar-refractivity contribution >= 4 is 0 Å². The number of hydrogen-bond acceptors (Lipinski definition) is 2. The van der Waals surface area contributed by atoms with E-state index in [-0.39, 0.29) is 6.07 Å². The van der Waals surface area contributed by atoms with Gasteiger partial charge in [-0.2, -0.15) is 22.8 Å². The second-order valence-corrected chi connectivity index (χ2v) is 3.00. The number of alkyl halides is 5. The number of rotatable bonds is 2. The van der Waals surface area contributed by atoms with Gasteiger partial charge in [0.1, 0.15) is 5.56 Å². The van der Waals surface area contributed by atoms with Crippen LogP contribution in [0, 0.1) is 17.3 Å². The Labute approximate surface area is 91.5 Å². The lowest BCUT2D eigenvalue weighted by atomic mass is 10.1. The van der Waals surface area contributed by atoms with Gasteiger partial charge < -0.3 is 0 Å². The van der Waals surface area contributed by atoms with E-state index in [1.807, 2.05) is 0 Å². The lowest BCUT2D eigenvalue weighted by Crippen LogP contribution is -2.13. The topological polar surface area (TPSA) is 36.7 Å². The van der Waals surface area contributed by atoms with Gasteiger partial charge in [-0.3, -0.25) is 0 Å². The minimum Gasteiger partial charge on any atom is -0.223 e. The van der Waals surface area contributed by atoms with Crippen LogP contribution in [-0.2, 0) is 12.6 Å². The summed E-state index contributed by atoms with van der Waals surface area (Å²) in [5.41, 5.74) is -3.64. The van der Waals surface area contributed by atoms with Crippen LogP contribution in [0.4, 0.5) is 26.3 Å². The Bertz CT molecular complexity index is 460. The Morgan fingerprint density at radius 3 is 2.35 bits per heavy atom.